The quantitative estimate of drug-likeness (QED) is 0.669. The summed E-state index contributed by atoms with van der Waals surface area (Å²) >= 11 is 0. The minimum absolute atomic E-state index is 0.385. The number of hydrogen-bond donors (Lipinski definition) is 2. The highest BCUT2D eigenvalue weighted by atomic mass is 16.5. The molecule has 1 aromatic carbocycles. The van der Waals surface area contributed by atoms with E-state index in [9.17, 15) is 5.11 Å². The predicted molar refractivity (Wildman–Crippen MR) is 67.2 cm³/mol. The molecular weight excluding hydrogens is 218 g/mol. The Kier molecular flexibility index (Phi) is 6.62. The van der Waals surface area contributed by atoms with E-state index in [4.69, 9.17) is 9.47 Å². The molecule has 4 nitrogen and oxygen atoms in total. The maximum atomic E-state index is 9.46. The summed E-state index contributed by atoms with van der Waals surface area (Å²) in [4.78, 5) is 0. The molecule has 0 saturated carbocycles. The molecule has 0 radical (unpaired) electrons. The van der Waals surface area contributed by atoms with Crippen LogP contribution in [0.2, 0.25) is 0 Å². The van der Waals surface area contributed by atoms with Crippen LogP contribution in [0.3, 0.4) is 0 Å². The van der Waals surface area contributed by atoms with E-state index in [1.165, 1.54) is 0 Å². The van der Waals surface area contributed by atoms with Crippen molar-refractivity contribution in [3.05, 3.63) is 29.8 Å². The van der Waals surface area contributed by atoms with Gasteiger partial charge in [-0.15, -0.1) is 0 Å². The molecular formula is C13H21NO3. The molecule has 0 amide bonds. The molecule has 0 saturated heterocycles. The van der Waals surface area contributed by atoms with Crippen molar-refractivity contribution >= 4 is 0 Å². The van der Waals surface area contributed by atoms with Gasteiger partial charge in [-0.1, -0.05) is 18.2 Å². The van der Waals surface area contributed by atoms with Crippen LogP contribution in [0.5, 0.6) is 5.75 Å². The van der Waals surface area contributed by atoms with Crippen LogP contribution in [0.25, 0.3) is 0 Å². The second-order valence-electron chi connectivity index (χ2n) is 3.89. The molecule has 0 aliphatic carbocycles. The molecule has 0 aromatic heterocycles. The first-order chi connectivity index (χ1) is 8.27. The Morgan fingerprint density at radius 3 is 2.76 bits per heavy atom. The fourth-order valence-corrected chi connectivity index (χ4v) is 1.62. The molecule has 0 aliphatic rings. The standard InChI is InChI=1S/C13H21NO3/c1-16-10-12(15)7-8-14-9-11-5-3-4-6-13(11)17-2/h3-6,12,14-15H,7-10H2,1-2H3. The summed E-state index contributed by atoms with van der Waals surface area (Å²) in [6, 6.07) is 7.90. The van der Waals surface area contributed by atoms with Crippen LogP contribution in [0.15, 0.2) is 24.3 Å². The predicted octanol–water partition coefficient (Wildman–Crippen LogP) is 1.18. The molecule has 4 heteroatoms. The number of aliphatic hydroxyl groups is 1. The summed E-state index contributed by atoms with van der Waals surface area (Å²) in [6.45, 7) is 1.88. The van der Waals surface area contributed by atoms with E-state index in [-0.39, 0.29) is 0 Å². The van der Waals surface area contributed by atoms with Crippen molar-refractivity contribution in [1.29, 1.82) is 0 Å². The molecule has 17 heavy (non-hydrogen) atoms. The summed E-state index contributed by atoms with van der Waals surface area (Å²) in [7, 11) is 3.26. The number of ether oxygens (including phenoxy) is 2. The number of nitrogens with one attached hydrogen (secondary N) is 1. The Morgan fingerprint density at radius 2 is 2.06 bits per heavy atom. The highest BCUT2D eigenvalue weighted by Gasteiger charge is 2.04. The maximum Gasteiger partial charge on any atom is 0.123 e. The van der Waals surface area contributed by atoms with Gasteiger partial charge >= 0.3 is 0 Å². The number of hydrogen-bond acceptors (Lipinski definition) is 4. The molecule has 1 aromatic rings. The minimum atomic E-state index is -0.398. The average molecular weight is 239 g/mol. The number of rotatable bonds is 8. The van der Waals surface area contributed by atoms with Gasteiger partial charge in [0, 0.05) is 19.2 Å². The molecule has 96 valence electrons. The molecule has 0 aliphatic heterocycles. The maximum absolute atomic E-state index is 9.46. The van der Waals surface area contributed by atoms with E-state index in [1.54, 1.807) is 14.2 Å². The Labute approximate surface area is 103 Å². The number of benzene rings is 1. The number of methoxy groups -OCH3 is 2. The van der Waals surface area contributed by atoms with E-state index >= 15 is 0 Å². The summed E-state index contributed by atoms with van der Waals surface area (Å²) in [6.07, 6.45) is 0.286. The lowest BCUT2D eigenvalue weighted by Gasteiger charge is -2.11. The zero-order valence-electron chi connectivity index (χ0n) is 10.5. The first kappa shape index (κ1) is 14.0. The van der Waals surface area contributed by atoms with Crippen LogP contribution in [0, 0.1) is 0 Å². The van der Waals surface area contributed by atoms with Crippen molar-refractivity contribution in [3.8, 4) is 5.75 Å². The van der Waals surface area contributed by atoms with Crippen molar-refractivity contribution in [2.75, 3.05) is 27.4 Å². The van der Waals surface area contributed by atoms with Crippen LogP contribution in [-0.2, 0) is 11.3 Å². The monoisotopic (exact) mass is 239 g/mol. The van der Waals surface area contributed by atoms with Gasteiger partial charge in [0.25, 0.3) is 0 Å². The fourth-order valence-electron chi connectivity index (χ4n) is 1.62. The summed E-state index contributed by atoms with van der Waals surface area (Å²) in [5.41, 5.74) is 1.12. The van der Waals surface area contributed by atoms with E-state index in [2.05, 4.69) is 5.32 Å². The van der Waals surface area contributed by atoms with Crippen molar-refractivity contribution in [3.63, 3.8) is 0 Å². The summed E-state index contributed by atoms with van der Waals surface area (Å²) < 4.78 is 10.1. The van der Waals surface area contributed by atoms with Gasteiger partial charge in [-0.05, 0) is 19.0 Å². The van der Waals surface area contributed by atoms with E-state index in [1.807, 2.05) is 24.3 Å². The van der Waals surface area contributed by atoms with Gasteiger partial charge in [-0.2, -0.15) is 0 Å². The van der Waals surface area contributed by atoms with Gasteiger partial charge in [-0.25, -0.2) is 0 Å². The zero-order chi connectivity index (χ0) is 12.5. The van der Waals surface area contributed by atoms with Gasteiger partial charge in [0.05, 0.1) is 19.8 Å². The van der Waals surface area contributed by atoms with Gasteiger partial charge in [0.1, 0.15) is 5.75 Å². The van der Waals surface area contributed by atoms with E-state index in [0.717, 1.165) is 24.4 Å². The normalized spacial score (nSPS) is 12.4. The van der Waals surface area contributed by atoms with Gasteiger partial charge in [-0.3, -0.25) is 0 Å². The average Bonchev–Trinajstić information content (AvgIpc) is 2.35. The Balaban J connectivity index is 2.26. The lowest BCUT2D eigenvalue weighted by Crippen LogP contribution is -2.23. The van der Waals surface area contributed by atoms with Gasteiger partial charge in [0.15, 0.2) is 0 Å². The Bertz CT molecular complexity index is 317. The summed E-state index contributed by atoms with van der Waals surface area (Å²) in [5.74, 6) is 0.887. The first-order valence-electron chi connectivity index (χ1n) is 5.77. The fraction of sp³-hybridized carbons (Fsp3) is 0.538. The molecule has 0 fully saturated rings. The van der Waals surface area contributed by atoms with Crippen LogP contribution in [0.1, 0.15) is 12.0 Å². The SMILES string of the molecule is COCC(O)CCNCc1ccccc1OC. The molecule has 0 heterocycles. The molecule has 1 unspecified atom stereocenters. The Hall–Kier alpha value is -1.10. The van der Waals surface area contributed by atoms with Crippen molar-refractivity contribution < 1.29 is 14.6 Å². The highest BCUT2D eigenvalue weighted by molar-refractivity contribution is 5.32. The molecule has 1 atom stereocenters. The largest absolute Gasteiger partial charge is 0.496 e. The van der Waals surface area contributed by atoms with Crippen LogP contribution < -0.4 is 10.1 Å². The summed E-state index contributed by atoms with van der Waals surface area (Å²) in [5, 5.41) is 12.7. The van der Waals surface area contributed by atoms with Crippen LogP contribution in [-0.4, -0.2) is 38.6 Å². The van der Waals surface area contributed by atoms with Crippen LogP contribution >= 0.6 is 0 Å². The van der Waals surface area contributed by atoms with Crippen LogP contribution in [0.4, 0.5) is 0 Å². The lowest BCUT2D eigenvalue weighted by atomic mass is 10.2. The molecule has 0 bridgehead atoms. The molecule has 0 spiro atoms. The van der Waals surface area contributed by atoms with Crippen molar-refractivity contribution in [2.24, 2.45) is 0 Å². The number of para-hydroxylation sites is 1. The Morgan fingerprint density at radius 1 is 1.29 bits per heavy atom. The zero-order valence-corrected chi connectivity index (χ0v) is 10.5. The highest BCUT2D eigenvalue weighted by Crippen LogP contribution is 2.16. The third kappa shape index (κ3) is 5.17. The van der Waals surface area contributed by atoms with Crippen molar-refractivity contribution in [1.82, 2.24) is 5.32 Å². The third-order valence-corrected chi connectivity index (χ3v) is 2.52. The van der Waals surface area contributed by atoms with Gasteiger partial charge < -0.3 is 19.9 Å². The second-order valence-corrected chi connectivity index (χ2v) is 3.89. The topological polar surface area (TPSA) is 50.7 Å². The minimum Gasteiger partial charge on any atom is -0.496 e. The first-order valence-corrected chi connectivity index (χ1v) is 5.77. The lowest BCUT2D eigenvalue weighted by molar-refractivity contribution is 0.0594. The second kappa shape index (κ2) is 8.06. The van der Waals surface area contributed by atoms with E-state index in [0.29, 0.717) is 13.0 Å². The third-order valence-electron chi connectivity index (χ3n) is 2.52. The van der Waals surface area contributed by atoms with Crippen molar-refractivity contribution in [2.45, 2.75) is 19.1 Å². The molecule has 2 N–H and O–H groups in total. The smallest absolute Gasteiger partial charge is 0.123 e. The number of aliphatic hydroxyl groups excluding tert-OH is 1. The molecule has 1 rings (SSSR count). The van der Waals surface area contributed by atoms with Gasteiger partial charge in [0.2, 0.25) is 0 Å². The van der Waals surface area contributed by atoms with E-state index < -0.39 is 6.10 Å².